The lowest BCUT2D eigenvalue weighted by Gasteiger charge is -2.20. The zero-order valence-corrected chi connectivity index (χ0v) is 14.6. The van der Waals surface area contributed by atoms with E-state index in [0.717, 1.165) is 11.1 Å². The van der Waals surface area contributed by atoms with Crippen molar-refractivity contribution in [1.82, 2.24) is 9.80 Å². The number of hydrogen-bond donors (Lipinski definition) is 0. The third-order valence-electron chi connectivity index (χ3n) is 5.07. The van der Waals surface area contributed by atoms with E-state index in [1.165, 1.54) is 4.90 Å². The Hall–Kier alpha value is -2.95. The highest BCUT2D eigenvalue weighted by Gasteiger charge is 2.39. The highest BCUT2D eigenvalue weighted by Crippen LogP contribution is 2.27. The van der Waals surface area contributed by atoms with Gasteiger partial charge in [-0.25, -0.2) is 0 Å². The van der Waals surface area contributed by atoms with Crippen LogP contribution in [0.2, 0.25) is 0 Å². The van der Waals surface area contributed by atoms with Crippen molar-refractivity contribution in [2.24, 2.45) is 5.92 Å². The van der Waals surface area contributed by atoms with Crippen LogP contribution in [0.25, 0.3) is 0 Å². The molecular weight excluding hydrogens is 328 g/mol. The Labute approximate surface area is 152 Å². The van der Waals surface area contributed by atoms with Gasteiger partial charge in [-0.05, 0) is 24.6 Å². The predicted octanol–water partition coefficient (Wildman–Crippen LogP) is 2.64. The van der Waals surface area contributed by atoms with Crippen LogP contribution < -0.4 is 0 Å². The Morgan fingerprint density at radius 2 is 1.65 bits per heavy atom. The summed E-state index contributed by atoms with van der Waals surface area (Å²) in [6, 6.07) is 15.0. The average Bonchev–Trinajstić information content (AvgIpc) is 3.08. The van der Waals surface area contributed by atoms with Gasteiger partial charge in [-0.1, -0.05) is 42.0 Å². The second kappa shape index (κ2) is 6.41. The molecular formula is C21H20N2O3. The van der Waals surface area contributed by atoms with Crippen molar-refractivity contribution < 1.29 is 14.4 Å². The zero-order valence-electron chi connectivity index (χ0n) is 14.6. The molecule has 2 aliphatic rings. The summed E-state index contributed by atoms with van der Waals surface area (Å²) in [6.07, 6.45) is 0.374. The van der Waals surface area contributed by atoms with Crippen LogP contribution in [-0.2, 0) is 11.3 Å². The number of carbonyl (C=O) groups is 3. The van der Waals surface area contributed by atoms with Crippen molar-refractivity contribution in [2.75, 3.05) is 13.1 Å². The lowest BCUT2D eigenvalue weighted by Crippen LogP contribution is -2.35. The van der Waals surface area contributed by atoms with Crippen molar-refractivity contribution in [3.8, 4) is 0 Å². The van der Waals surface area contributed by atoms with Crippen LogP contribution in [0.4, 0.5) is 0 Å². The molecule has 0 radical (unpaired) electrons. The molecule has 132 valence electrons. The molecule has 0 aliphatic carbocycles. The number of hydrogen-bond acceptors (Lipinski definition) is 3. The van der Waals surface area contributed by atoms with E-state index >= 15 is 0 Å². The van der Waals surface area contributed by atoms with E-state index in [9.17, 15) is 14.4 Å². The first-order valence-electron chi connectivity index (χ1n) is 8.81. The summed E-state index contributed by atoms with van der Waals surface area (Å²) in [5.41, 5.74) is 3.17. The number of carbonyl (C=O) groups excluding carboxylic acids is 3. The first-order valence-corrected chi connectivity index (χ1v) is 8.81. The quantitative estimate of drug-likeness (QED) is 0.798. The van der Waals surface area contributed by atoms with E-state index in [4.69, 9.17) is 0 Å². The Morgan fingerprint density at radius 1 is 0.962 bits per heavy atom. The minimum absolute atomic E-state index is 0.0190. The number of imide groups is 1. The standard InChI is InChI=1S/C21H20N2O3/c1-14-5-4-6-15(9-14)11-22-12-16(10-19(22)24)13-23-20(25)17-7-2-3-8-18(17)21(23)26/h2-9,16H,10-13H2,1H3. The molecule has 3 amide bonds. The maximum atomic E-state index is 12.5. The van der Waals surface area contributed by atoms with E-state index in [-0.39, 0.29) is 23.6 Å². The maximum Gasteiger partial charge on any atom is 0.261 e. The van der Waals surface area contributed by atoms with Crippen LogP contribution in [0.15, 0.2) is 48.5 Å². The van der Waals surface area contributed by atoms with Crippen LogP contribution in [0, 0.1) is 12.8 Å². The summed E-state index contributed by atoms with van der Waals surface area (Å²) in [5.74, 6) is -0.451. The minimum Gasteiger partial charge on any atom is -0.338 e. The number of benzene rings is 2. The average molecular weight is 348 g/mol. The highest BCUT2D eigenvalue weighted by molar-refractivity contribution is 6.21. The number of nitrogens with zero attached hydrogens (tertiary/aromatic N) is 2. The van der Waals surface area contributed by atoms with Crippen LogP contribution in [0.1, 0.15) is 38.3 Å². The number of aryl methyl sites for hydroxylation is 1. The minimum atomic E-state index is -0.254. The Balaban J connectivity index is 1.44. The molecule has 0 saturated carbocycles. The number of fused-ring (bicyclic) bond motifs is 1. The topological polar surface area (TPSA) is 57.7 Å². The summed E-state index contributed by atoms with van der Waals surface area (Å²) >= 11 is 0. The third-order valence-corrected chi connectivity index (χ3v) is 5.07. The van der Waals surface area contributed by atoms with Crippen molar-refractivity contribution in [2.45, 2.75) is 19.9 Å². The number of amides is 3. The Morgan fingerprint density at radius 3 is 2.31 bits per heavy atom. The molecule has 26 heavy (non-hydrogen) atoms. The fourth-order valence-corrected chi connectivity index (χ4v) is 3.82. The SMILES string of the molecule is Cc1cccc(CN2CC(CN3C(=O)c4ccccc4C3=O)CC2=O)c1. The molecule has 2 aliphatic heterocycles. The van der Waals surface area contributed by atoms with Crippen molar-refractivity contribution in [3.63, 3.8) is 0 Å². The molecule has 5 heteroatoms. The third kappa shape index (κ3) is 2.90. The molecule has 0 spiro atoms. The highest BCUT2D eigenvalue weighted by atomic mass is 16.2. The molecule has 0 bridgehead atoms. The number of rotatable bonds is 4. The normalized spacial score (nSPS) is 19.4. The zero-order chi connectivity index (χ0) is 18.3. The molecule has 0 N–H and O–H groups in total. The summed E-state index contributed by atoms with van der Waals surface area (Å²) in [6.45, 7) is 3.46. The van der Waals surface area contributed by atoms with Crippen LogP contribution in [-0.4, -0.2) is 40.6 Å². The molecule has 0 aromatic heterocycles. The first-order chi connectivity index (χ1) is 12.5. The van der Waals surface area contributed by atoms with Gasteiger partial charge in [-0.15, -0.1) is 0 Å². The van der Waals surface area contributed by atoms with Crippen molar-refractivity contribution in [1.29, 1.82) is 0 Å². The second-order valence-corrected chi connectivity index (χ2v) is 7.10. The van der Waals surface area contributed by atoms with Gasteiger partial charge in [0.15, 0.2) is 0 Å². The first kappa shape index (κ1) is 16.5. The van der Waals surface area contributed by atoms with Gasteiger partial charge in [-0.2, -0.15) is 0 Å². The van der Waals surface area contributed by atoms with Gasteiger partial charge in [0.2, 0.25) is 5.91 Å². The van der Waals surface area contributed by atoms with Crippen LogP contribution in [0.3, 0.4) is 0 Å². The Bertz CT molecular complexity index is 871. The van der Waals surface area contributed by atoms with Crippen molar-refractivity contribution in [3.05, 3.63) is 70.8 Å². The van der Waals surface area contributed by atoms with Gasteiger partial charge in [-0.3, -0.25) is 19.3 Å². The summed E-state index contributed by atoms with van der Waals surface area (Å²) < 4.78 is 0. The molecule has 2 heterocycles. The second-order valence-electron chi connectivity index (χ2n) is 7.10. The maximum absolute atomic E-state index is 12.5. The summed E-state index contributed by atoms with van der Waals surface area (Å²) in [7, 11) is 0. The smallest absolute Gasteiger partial charge is 0.261 e. The van der Waals surface area contributed by atoms with E-state index in [0.29, 0.717) is 37.2 Å². The lowest BCUT2D eigenvalue weighted by atomic mass is 10.1. The fourth-order valence-electron chi connectivity index (χ4n) is 3.82. The van der Waals surface area contributed by atoms with Crippen LogP contribution in [0.5, 0.6) is 0 Å². The van der Waals surface area contributed by atoms with Gasteiger partial charge in [0.05, 0.1) is 11.1 Å². The molecule has 2 aromatic rings. The predicted molar refractivity (Wildman–Crippen MR) is 96.5 cm³/mol. The monoisotopic (exact) mass is 348 g/mol. The van der Waals surface area contributed by atoms with Crippen LogP contribution >= 0.6 is 0 Å². The van der Waals surface area contributed by atoms with Crippen molar-refractivity contribution >= 4 is 17.7 Å². The van der Waals surface area contributed by atoms with E-state index < -0.39 is 0 Å². The summed E-state index contributed by atoms with van der Waals surface area (Å²) in [5, 5.41) is 0. The van der Waals surface area contributed by atoms with Gasteiger partial charge >= 0.3 is 0 Å². The molecule has 1 unspecified atom stereocenters. The Kier molecular flexibility index (Phi) is 4.07. The summed E-state index contributed by atoms with van der Waals surface area (Å²) in [4.78, 5) is 40.5. The van der Waals surface area contributed by atoms with Gasteiger partial charge in [0.1, 0.15) is 0 Å². The molecule has 2 aromatic carbocycles. The van der Waals surface area contributed by atoms with E-state index in [1.54, 1.807) is 24.3 Å². The van der Waals surface area contributed by atoms with Gasteiger partial charge < -0.3 is 4.90 Å². The van der Waals surface area contributed by atoms with Gasteiger partial charge in [0.25, 0.3) is 11.8 Å². The molecule has 1 saturated heterocycles. The molecule has 1 fully saturated rings. The molecule has 1 atom stereocenters. The molecule has 5 nitrogen and oxygen atoms in total. The molecule has 4 rings (SSSR count). The lowest BCUT2D eigenvalue weighted by molar-refractivity contribution is -0.128. The van der Waals surface area contributed by atoms with E-state index in [1.807, 2.05) is 30.0 Å². The largest absolute Gasteiger partial charge is 0.338 e. The fraction of sp³-hybridized carbons (Fsp3) is 0.286. The number of likely N-dealkylation sites (tertiary alicyclic amines) is 1. The van der Waals surface area contributed by atoms with Gasteiger partial charge in [0, 0.05) is 32.0 Å². The van der Waals surface area contributed by atoms with E-state index in [2.05, 4.69) is 6.07 Å².